The van der Waals surface area contributed by atoms with Crippen LogP contribution >= 0.6 is 0 Å². The molecule has 2 aromatic rings. The molecule has 0 radical (unpaired) electrons. The lowest BCUT2D eigenvalue weighted by Gasteiger charge is -2.10. The molecule has 0 saturated heterocycles. The van der Waals surface area contributed by atoms with Gasteiger partial charge in [0.2, 0.25) is 0 Å². The number of benzene rings is 2. The van der Waals surface area contributed by atoms with Gasteiger partial charge >= 0.3 is 0 Å². The summed E-state index contributed by atoms with van der Waals surface area (Å²) in [7, 11) is 0. The Hall–Kier alpha value is -2.60. The van der Waals surface area contributed by atoms with Crippen LogP contribution in [-0.2, 0) is 6.42 Å². The van der Waals surface area contributed by atoms with Crippen LogP contribution in [-0.4, -0.2) is 0 Å². The van der Waals surface area contributed by atoms with Gasteiger partial charge in [-0.05, 0) is 40.7 Å². The van der Waals surface area contributed by atoms with Crippen molar-refractivity contribution >= 4 is 5.57 Å². The van der Waals surface area contributed by atoms with E-state index in [1.54, 1.807) is 0 Å². The standard InChI is InChI=1S/C23H20/c1-2-10-20(9-1)22-13-5-7-18(16-22)15-19-8-6-14-23(17-19)21-11-3-4-12-21/h1-3,5-14,16-17,20H,4,15H2. The maximum Gasteiger partial charge on any atom is 0.0204 e. The number of allylic oxidation sites excluding steroid dienone is 8. The molecule has 0 atom stereocenters. The number of hydrogen-bond donors (Lipinski definition) is 0. The third kappa shape index (κ3) is 3.12. The molecule has 0 nitrogen and oxygen atoms in total. The quantitative estimate of drug-likeness (QED) is 0.666. The average Bonchev–Trinajstić information content (AvgIpc) is 3.29. The molecule has 4 rings (SSSR count). The third-order valence-electron chi connectivity index (χ3n) is 4.52. The fourth-order valence-corrected chi connectivity index (χ4v) is 3.33. The van der Waals surface area contributed by atoms with Crippen LogP contribution < -0.4 is 0 Å². The Balaban J connectivity index is 1.57. The molecule has 2 aliphatic rings. The number of rotatable bonds is 4. The molecule has 2 aliphatic carbocycles. The second kappa shape index (κ2) is 6.26. The Morgan fingerprint density at radius 3 is 2.43 bits per heavy atom. The molecule has 23 heavy (non-hydrogen) atoms. The van der Waals surface area contributed by atoms with E-state index in [9.17, 15) is 0 Å². The van der Waals surface area contributed by atoms with Crippen molar-refractivity contribution in [3.8, 4) is 0 Å². The molecule has 0 aromatic heterocycles. The Kier molecular flexibility index (Phi) is 3.81. The highest BCUT2D eigenvalue weighted by Gasteiger charge is 2.08. The van der Waals surface area contributed by atoms with Gasteiger partial charge in [0.25, 0.3) is 0 Å². The first-order chi connectivity index (χ1) is 11.4. The molecular weight excluding hydrogens is 276 g/mol. The van der Waals surface area contributed by atoms with Crippen molar-refractivity contribution in [2.75, 3.05) is 0 Å². The highest BCUT2D eigenvalue weighted by Crippen LogP contribution is 2.26. The summed E-state index contributed by atoms with van der Waals surface area (Å²) in [5.74, 6) is 0.440. The van der Waals surface area contributed by atoms with Crippen LogP contribution in [0.25, 0.3) is 5.57 Å². The fraction of sp³-hybridized carbons (Fsp3) is 0.130. The molecule has 0 bridgehead atoms. The zero-order chi connectivity index (χ0) is 15.5. The van der Waals surface area contributed by atoms with Crippen molar-refractivity contribution in [1.82, 2.24) is 0 Å². The van der Waals surface area contributed by atoms with Crippen LogP contribution in [0.1, 0.15) is 34.6 Å². The van der Waals surface area contributed by atoms with E-state index in [1.807, 2.05) is 0 Å². The Morgan fingerprint density at radius 1 is 0.870 bits per heavy atom. The lowest BCUT2D eigenvalue weighted by molar-refractivity contribution is 1.08. The van der Waals surface area contributed by atoms with Crippen molar-refractivity contribution in [2.45, 2.75) is 18.8 Å². The van der Waals surface area contributed by atoms with Crippen molar-refractivity contribution in [3.63, 3.8) is 0 Å². The summed E-state index contributed by atoms with van der Waals surface area (Å²) < 4.78 is 0. The maximum absolute atomic E-state index is 2.34. The largest absolute Gasteiger partial charge is 0.0801 e. The molecule has 0 saturated carbocycles. The van der Waals surface area contributed by atoms with E-state index < -0.39 is 0 Å². The highest BCUT2D eigenvalue weighted by molar-refractivity contribution is 5.76. The molecular formula is C23H20. The topological polar surface area (TPSA) is 0 Å². The van der Waals surface area contributed by atoms with Crippen molar-refractivity contribution in [1.29, 1.82) is 0 Å². The molecule has 0 aliphatic heterocycles. The maximum atomic E-state index is 2.34. The van der Waals surface area contributed by atoms with Gasteiger partial charge in [0.1, 0.15) is 0 Å². The second-order valence-electron chi connectivity index (χ2n) is 6.22. The van der Waals surface area contributed by atoms with E-state index in [4.69, 9.17) is 0 Å². The van der Waals surface area contributed by atoms with Gasteiger partial charge in [-0.2, -0.15) is 0 Å². The van der Waals surface area contributed by atoms with E-state index in [2.05, 4.69) is 91.1 Å². The van der Waals surface area contributed by atoms with Gasteiger partial charge < -0.3 is 0 Å². The minimum atomic E-state index is 0.440. The first-order valence-electron chi connectivity index (χ1n) is 8.28. The lowest BCUT2D eigenvalue weighted by Crippen LogP contribution is -1.94. The van der Waals surface area contributed by atoms with Gasteiger partial charge in [0, 0.05) is 5.92 Å². The van der Waals surface area contributed by atoms with E-state index >= 15 is 0 Å². The number of hydrogen-bond acceptors (Lipinski definition) is 0. The van der Waals surface area contributed by atoms with Gasteiger partial charge in [0.05, 0.1) is 0 Å². The van der Waals surface area contributed by atoms with Gasteiger partial charge in [-0.1, -0.05) is 91.1 Å². The van der Waals surface area contributed by atoms with Gasteiger partial charge in [-0.3, -0.25) is 0 Å². The zero-order valence-corrected chi connectivity index (χ0v) is 13.2. The Bertz CT molecular complexity index is 819. The lowest BCUT2D eigenvalue weighted by atomic mass is 9.95. The van der Waals surface area contributed by atoms with Gasteiger partial charge in [-0.25, -0.2) is 0 Å². The van der Waals surface area contributed by atoms with Gasteiger partial charge in [0.15, 0.2) is 0 Å². The highest BCUT2D eigenvalue weighted by atomic mass is 14.1. The predicted molar refractivity (Wildman–Crippen MR) is 98.4 cm³/mol. The molecule has 0 heteroatoms. The summed E-state index contributed by atoms with van der Waals surface area (Å²) in [6, 6.07) is 17.9. The minimum absolute atomic E-state index is 0.440. The smallest absolute Gasteiger partial charge is 0.0204 e. The third-order valence-corrected chi connectivity index (χ3v) is 4.52. The molecule has 2 aromatic carbocycles. The van der Waals surface area contributed by atoms with Crippen LogP contribution in [0, 0.1) is 0 Å². The summed E-state index contributed by atoms with van der Waals surface area (Å²) in [6.45, 7) is 0. The van der Waals surface area contributed by atoms with E-state index in [0.29, 0.717) is 5.92 Å². The first-order valence-corrected chi connectivity index (χ1v) is 8.28. The van der Waals surface area contributed by atoms with E-state index in [0.717, 1.165) is 12.8 Å². The van der Waals surface area contributed by atoms with Crippen molar-refractivity contribution in [3.05, 3.63) is 113 Å². The second-order valence-corrected chi connectivity index (χ2v) is 6.22. The summed E-state index contributed by atoms with van der Waals surface area (Å²) in [6.07, 6.45) is 17.5. The molecule has 0 amide bonds. The van der Waals surface area contributed by atoms with Crippen LogP contribution in [0.4, 0.5) is 0 Å². The van der Waals surface area contributed by atoms with Crippen LogP contribution in [0.5, 0.6) is 0 Å². The molecule has 0 heterocycles. The molecule has 0 unspecified atom stereocenters. The molecule has 0 fully saturated rings. The van der Waals surface area contributed by atoms with Crippen molar-refractivity contribution < 1.29 is 0 Å². The van der Waals surface area contributed by atoms with E-state index in [-0.39, 0.29) is 0 Å². The van der Waals surface area contributed by atoms with Crippen LogP contribution in [0.2, 0.25) is 0 Å². The SMILES string of the molecule is C1=CC(c2cccc(Cc3cccc(C4=CCC=C4)c3)c2)C=C1. The van der Waals surface area contributed by atoms with E-state index in [1.165, 1.54) is 27.8 Å². The molecule has 112 valence electrons. The van der Waals surface area contributed by atoms with Crippen LogP contribution in [0.15, 0.2) is 91.1 Å². The van der Waals surface area contributed by atoms with Crippen LogP contribution in [0.3, 0.4) is 0 Å². The normalized spacial score (nSPS) is 16.3. The first kappa shape index (κ1) is 14.0. The monoisotopic (exact) mass is 296 g/mol. The Morgan fingerprint density at radius 2 is 1.65 bits per heavy atom. The summed E-state index contributed by atoms with van der Waals surface area (Å²) in [5, 5.41) is 0. The molecule has 0 spiro atoms. The Labute approximate surface area is 138 Å². The summed E-state index contributed by atoms with van der Waals surface area (Å²) >= 11 is 0. The molecule has 0 N–H and O–H groups in total. The predicted octanol–water partition coefficient (Wildman–Crippen LogP) is 5.83. The van der Waals surface area contributed by atoms with Gasteiger partial charge in [-0.15, -0.1) is 0 Å². The van der Waals surface area contributed by atoms with Crippen molar-refractivity contribution in [2.24, 2.45) is 0 Å². The fourth-order valence-electron chi connectivity index (χ4n) is 3.33. The average molecular weight is 296 g/mol. The summed E-state index contributed by atoms with van der Waals surface area (Å²) in [4.78, 5) is 0. The zero-order valence-electron chi connectivity index (χ0n) is 13.2. The minimum Gasteiger partial charge on any atom is -0.0801 e. The summed E-state index contributed by atoms with van der Waals surface area (Å²) in [5.41, 5.74) is 6.81.